The second kappa shape index (κ2) is 7.73. The number of amides is 1. The van der Waals surface area contributed by atoms with Crippen molar-refractivity contribution in [2.24, 2.45) is 0 Å². The van der Waals surface area contributed by atoms with Gasteiger partial charge in [0.2, 0.25) is 5.91 Å². The van der Waals surface area contributed by atoms with Crippen molar-refractivity contribution in [1.82, 2.24) is 9.21 Å². The minimum atomic E-state index is -3.64. The Morgan fingerprint density at radius 2 is 1.85 bits per heavy atom. The van der Waals surface area contributed by atoms with E-state index in [1.165, 1.54) is 19.2 Å². The molecule has 9 heteroatoms. The maximum atomic E-state index is 13.9. The Labute approximate surface area is 156 Å². The third kappa shape index (κ3) is 3.89. The van der Waals surface area contributed by atoms with Gasteiger partial charge >= 0.3 is 0 Å². The van der Waals surface area contributed by atoms with Gasteiger partial charge in [-0.2, -0.15) is 4.31 Å². The second-order valence-corrected chi connectivity index (χ2v) is 9.23. The van der Waals surface area contributed by atoms with Gasteiger partial charge < -0.3 is 9.80 Å². The lowest BCUT2D eigenvalue weighted by Gasteiger charge is -2.36. The fourth-order valence-corrected chi connectivity index (χ4v) is 5.17. The molecule has 0 N–H and O–H groups in total. The molecular formula is C17H20FN3O3S2. The zero-order valence-electron chi connectivity index (χ0n) is 14.3. The molecule has 1 fully saturated rings. The van der Waals surface area contributed by atoms with E-state index < -0.39 is 10.0 Å². The fourth-order valence-electron chi connectivity index (χ4n) is 2.84. The van der Waals surface area contributed by atoms with Gasteiger partial charge in [0.1, 0.15) is 10.0 Å². The Kier molecular flexibility index (Phi) is 5.59. The maximum absolute atomic E-state index is 13.9. The van der Waals surface area contributed by atoms with Crippen molar-refractivity contribution in [2.45, 2.75) is 4.21 Å². The average molecular weight is 397 g/mol. The smallest absolute Gasteiger partial charge is 0.252 e. The summed E-state index contributed by atoms with van der Waals surface area (Å²) in [6.45, 7) is 1.67. The lowest BCUT2D eigenvalue weighted by atomic mass is 10.2. The number of piperazine rings is 1. The number of anilines is 1. The van der Waals surface area contributed by atoms with Crippen LogP contribution in [0.2, 0.25) is 0 Å². The van der Waals surface area contributed by atoms with Gasteiger partial charge in [-0.3, -0.25) is 4.79 Å². The van der Waals surface area contributed by atoms with E-state index in [2.05, 4.69) is 0 Å². The van der Waals surface area contributed by atoms with E-state index >= 15 is 0 Å². The van der Waals surface area contributed by atoms with Crippen LogP contribution in [0, 0.1) is 5.82 Å². The molecule has 1 aliphatic heterocycles. The van der Waals surface area contributed by atoms with E-state index in [0.29, 0.717) is 31.9 Å². The van der Waals surface area contributed by atoms with E-state index in [1.807, 2.05) is 4.90 Å². The molecule has 0 aliphatic carbocycles. The van der Waals surface area contributed by atoms with Crippen molar-refractivity contribution in [2.75, 3.05) is 44.7 Å². The third-order valence-electron chi connectivity index (χ3n) is 4.34. The Balaban J connectivity index is 1.58. The van der Waals surface area contributed by atoms with Gasteiger partial charge in [-0.15, -0.1) is 11.3 Å². The molecular weight excluding hydrogens is 377 g/mol. The van der Waals surface area contributed by atoms with Crippen molar-refractivity contribution in [3.05, 3.63) is 47.6 Å². The summed E-state index contributed by atoms with van der Waals surface area (Å²) in [5, 5.41) is 1.68. The Morgan fingerprint density at radius 1 is 1.15 bits per heavy atom. The zero-order valence-corrected chi connectivity index (χ0v) is 16.0. The number of nitrogens with zero attached hydrogens (tertiary/aromatic N) is 3. The lowest BCUT2D eigenvalue weighted by Crippen LogP contribution is -2.51. The van der Waals surface area contributed by atoms with Crippen LogP contribution in [0.1, 0.15) is 0 Å². The molecule has 0 bridgehead atoms. The molecule has 2 heterocycles. The highest BCUT2D eigenvalue weighted by Gasteiger charge is 2.28. The minimum Gasteiger partial charge on any atom is -0.366 e. The number of carbonyl (C=O) groups excluding carboxylic acids is 1. The molecule has 2 aromatic rings. The van der Waals surface area contributed by atoms with Gasteiger partial charge in [-0.25, -0.2) is 12.8 Å². The van der Waals surface area contributed by atoms with Crippen molar-refractivity contribution in [1.29, 1.82) is 0 Å². The van der Waals surface area contributed by atoms with Gasteiger partial charge in [0, 0.05) is 33.2 Å². The molecule has 0 spiro atoms. The number of hydrogen-bond acceptors (Lipinski definition) is 5. The molecule has 26 heavy (non-hydrogen) atoms. The number of carbonyl (C=O) groups is 1. The third-order valence-corrected chi connectivity index (χ3v) is 7.52. The maximum Gasteiger partial charge on any atom is 0.252 e. The molecule has 0 saturated carbocycles. The first-order chi connectivity index (χ1) is 12.4. The molecule has 6 nitrogen and oxygen atoms in total. The van der Waals surface area contributed by atoms with Crippen LogP contribution in [0.4, 0.5) is 10.1 Å². The highest BCUT2D eigenvalue weighted by Crippen LogP contribution is 2.21. The molecule has 1 aromatic carbocycles. The van der Waals surface area contributed by atoms with Crippen LogP contribution in [-0.4, -0.2) is 63.3 Å². The molecule has 1 amide bonds. The summed E-state index contributed by atoms with van der Waals surface area (Å²) in [5.74, 6) is -0.533. The predicted molar refractivity (Wildman–Crippen MR) is 99.3 cm³/mol. The van der Waals surface area contributed by atoms with Gasteiger partial charge in [0.05, 0.1) is 12.2 Å². The van der Waals surface area contributed by atoms with Crippen LogP contribution in [-0.2, 0) is 14.8 Å². The van der Waals surface area contributed by atoms with Crippen LogP contribution < -0.4 is 4.90 Å². The lowest BCUT2D eigenvalue weighted by molar-refractivity contribution is -0.131. The van der Waals surface area contributed by atoms with Gasteiger partial charge in [0.15, 0.2) is 0 Å². The Bertz CT molecular complexity index is 863. The SMILES string of the molecule is CN(CC(=O)N1CCN(c2ccccc2F)CC1)S(=O)(=O)c1cccs1. The van der Waals surface area contributed by atoms with Gasteiger partial charge in [0.25, 0.3) is 10.0 Å². The van der Waals surface area contributed by atoms with E-state index in [4.69, 9.17) is 0 Å². The number of halogens is 1. The number of benzene rings is 1. The number of para-hydroxylation sites is 1. The fraction of sp³-hybridized carbons (Fsp3) is 0.353. The van der Waals surface area contributed by atoms with Gasteiger partial charge in [-0.05, 0) is 23.6 Å². The van der Waals surface area contributed by atoms with Crippen LogP contribution in [0.25, 0.3) is 0 Å². The Morgan fingerprint density at radius 3 is 2.46 bits per heavy atom. The summed E-state index contributed by atoms with van der Waals surface area (Å²) in [4.78, 5) is 16.0. The highest BCUT2D eigenvalue weighted by molar-refractivity contribution is 7.91. The number of thiophene rings is 1. The summed E-state index contributed by atoms with van der Waals surface area (Å²) in [7, 11) is -2.24. The quantitative estimate of drug-likeness (QED) is 0.773. The van der Waals surface area contributed by atoms with Crippen molar-refractivity contribution < 1.29 is 17.6 Å². The standard InChI is InChI=1S/C17H20FN3O3S2/c1-19(26(23,24)17-7-4-12-25-17)13-16(22)21-10-8-20(9-11-21)15-6-3-2-5-14(15)18/h2-7,12H,8-11,13H2,1H3. The normalized spacial score (nSPS) is 15.5. The predicted octanol–water partition coefficient (Wildman–Crippen LogP) is 1.86. The van der Waals surface area contributed by atoms with Gasteiger partial charge in [-0.1, -0.05) is 18.2 Å². The van der Waals surface area contributed by atoms with Crippen LogP contribution in [0.15, 0.2) is 46.0 Å². The number of hydrogen-bond donors (Lipinski definition) is 0. The first kappa shape index (κ1) is 18.8. The molecule has 140 valence electrons. The Hall–Kier alpha value is -1.97. The monoisotopic (exact) mass is 397 g/mol. The van der Waals surface area contributed by atoms with E-state index in [9.17, 15) is 17.6 Å². The summed E-state index contributed by atoms with van der Waals surface area (Å²) in [6.07, 6.45) is 0. The highest BCUT2D eigenvalue weighted by atomic mass is 32.2. The molecule has 1 aromatic heterocycles. The van der Waals surface area contributed by atoms with Crippen molar-refractivity contribution in [3.8, 4) is 0 Å². The minimum absolute atomic E-state index is 0.208. The van der Waals surface area contributed by atoms with Crippen LogP contribution >= 0.6 is 11.3 Å². The molecule has 0 atom stereocenters. The summed E-state index contributed by atoms with van der Waals surface area (Å²) >= 11 is 1.12. The zero-order chi connectivity index (χ0) is 18.7. The molecule has 1 aliphatic rings. The van der Waals surface area contributed by atoms with E-state index in [0.717, 1.165) is 15.6 Å². The first-order valence-electron chi connectivity index (χ1n) is 8.16. The second-order valence-electron chi connectivity index (χ2n) is 6.01. The van der Waals surface area contributed by atoms with Crippen LogP contribution in [0.3, 0.4) is 0 Å². The van der Waals surface area contributed by atoms with Crippen molar-refractivity contribution in [3.63, 3.8) is 0 Å². The summed E-state index contributed by atoms with van der Waals surface area (Å²) in [6, 6.07) is 9.73. The molecule has 0 unspecified atom stereocenters. The number of rotatable bonds is 5. The average Bonchev–Trinajstić information content (AvgIpc) is 3.18. The first-order valence-corrected chi connectivity index (χ1v) is 10.5. The molecule has 0 radical (unpaired) electrons. The van der Waals surface area contributed by atoms with E-state index in [-0.39, 0.29) is 22.5 Å². The largest absolute Gasteiger partial charge is 0.366 e. The van der Waals surface area contributed by atoms with Crippen molar-refractivity contribution >= 4 is 33.0 Å². The van der Waals surface area contributed by atoms with E-state index in [1.54, 1.807) is 34.5 Å². The molecule has 3 rings (SSSR count). The summed E-state index contributed by atoms with van der Waals surface area (Å²) < 4.78 is 40.0. The van der Waals surface area contributed by atoms with Crippen LogP contribution in [0.5, 0.6) is 0 Å². The number of likely N-dealkylation sites (N-methyl/N-ethyl adjacent to an activating group) is 1. The number of sulfonamides is 1. The topological polar surface area (TPSA) is 60.9 Å². The molecule has 1 saturated heterocycles. The summed E-state index contributed by atoms with van der Waals surface area (Å²) in [5.41, 5.74) is 0.525.